The first-order valence-corrected chi connectivity index (χ1v) is 9.96. The molecule has 5 nitrogen and oxygen atoms in total. The summed E-state index contributed by atoms with van der Waals surface area (Å²) in [5.74, 6) is -0.712. The van der Waals surface area contributed by atoms with E-state index in [1.54, 1.807) is 47.6 Å². The molecule has 30 heavy (non-hydrogen) atoms. The molecular weight excluding hydrogens is 381 g/mol. The Morgan fingerprint density at radius 2 is 1.77 bits per heavy atom. The van der Waals surface area contributed by atoms with Crippen molar-refractivity contribution in [2.24, 2.45) is 5.92 Å². The molecule has 1 aliphatic heterocycles. The van der Waals surface area contributed by atoms with Crippen molar-refractivity contribution in [2.75, 3.05) is 18.4 Å². The van der Waals surface area contributed by atoms with E-state index in [2.05, 4.69) is 10.3 Å². The lowest BCUT2D eigenvalue weighted by molar-refractivity contribution is -0.121. The molecule has 0 radical (unpaired) electrons. The van der Waals surface area contributed by atoms with Crippen LogP contribution >= 0.6 is 0 Å². The second-order valence-electron chi connectivity index (χ2n) is 7.40. The Balaban J connectivity index is 1.39. The van der Waals surface area contributed by atoms with E-state index >= 15 is 0 Å². The predicted octanol–water partition coefficient (Wildman–Crippen LogP) is 4.38. The molecule has 0 bridgehead atoms. The molecule has 0 spiro atoms. The number of carbonyl (C=O) groups excluding carboxylic acids is 2. The van der Waals surface area contributed by atoms with E-state index in [-0.39, 0.29) is 23.5 Å². The van der Waals surface area contributed by atoms with Crippen LogP contribution in [0.15, 0.2) is 73.1 Å². The van der Waals surface area contributed by atoms with Crippen LogP contribution in [0.5, 0.6) is 0 Å². The van der Waals surface area contributed by atoms with Crippen molar-refractivity contribution in [1.82, 2.24) is 9.88 Å². The summed E-state index contributed by atoms with van der Waals surface area (Å²) in [7, 11) is 0. The quantitative estimate of drug-likeness (QED) is 0.703. The third kappa shape index (κ3) is 4.54. The average Bonchev–Trinajstić information content (AvgIpc) is 2.80. The summed E-state index contributed by atoms with van der Waals surface area (Å²) in [5, 5.41) is 2.94. The lowest BCUT2D eigenvalue weighted by Gasteiger charge is -2.32. The number of nitrogens with one attached hydrogen (secondary N) is 1. The van der Waals surface area contributed by atoms with Gasteiger partial charge in [0.25, 0.3) is 5.91 Å². The highest BCUT2D eigenvalue weighted by molar-refractivity contribution is 5.96. The molecule has 0 aliphatic carbocycles. The van der Waals surface area contributed by atoms with Crippen molar-refractivity contribution >= 4 is 17.5 Å². The van der Waals surface area contributed by atoms with Crippen molar-refractivity contribution in [2.45, 2.75) is 12.8 Å². The Kier molecular flexibility index (Phi) is 5.84. The van der Waals surface area contributed by atoms with Crippen LogP contribution in [-0.2, 0) is 4.79 Å². The van der Waals surface area contributed by atoms with Gasteiger partial charge in [-0.05, 0) is 60.4 Å². The first-order valence-electron chi connectivity index (χ1n) is 9.96. The highest BCUT2D eigenvalue weighted by Crippen LogP contribution is 2.24. The number of halogens is 1. The molecule has 2 amide bonds. The van der Waals surface area contributed by atoms with Crippen molar-refractivity contribution in [3.63, 3.8) is 0 Å². The summed E-state index contributed by atoms with van der Waals surface area (Å²) in [5.41, 5.74) is 2.92. The van der Waals surface area contributed by atoms with Gasteiger partial charge in [-0.25, -0.2) is 4.39 Å². The van der Waals surface area contributed by atoms with Crippen LogP contribution < -0.4 is 5.32 Å². The fourth-order valence-electron chi connectivity index (χ4n) is 3.71. The van der Waals surface area contributed by atoms with Crippen molar-refractivity contribution in [3.05, 3.63) is 84.4 Å². The minimum atomic E-state index is -0.284. The molecule has 4 rings (SSSR count). The van der Waals surface area contributed by atoms with E-state index < -0.39 is 0 Å². The number of pyridine rings is 1. The van der Waals surface area contributed by atoms with Gasteiger partial charge in [0.1, 0.15) is 5.82 Å². The SMILES string of the molecule is O=C(Nc1ccc(-c2cccc(F)c2)cc1)[C@H]1CCCN(C(=O)c2ccncc2)C1. The first-order chi connectivity index (χ1) is 14.6. The van der Waals surface area contributed by atoms with Crippen molar-refractivity contribution < 1.29 is 14.0 Å². The molecule has 2 heterocycles. The summed E-state index contributed by atoms with van der Waals surface area (Å²) in [6.45, 7) is 1.04. The summed E-state index contributed by atoms with van der Waals surface area (Å²) in [6.07, 6.45) is 4.71. The predicted molar refractivity (Wildman–Crippen MR) is 113 cm³/mol. The zero-order valence-corrected chi connectivity index (χ0v) is 16.4. The molecule has 0 unspecified atom stereocenters. The number of benzene rings is 2. The van der Waals surface area contributed by atoms with E-state index in [4.69, 9.17) is 0 Å². The molecule has 152 valence electrons. The van der Waals surface area contributed by atoms with Gasteiger partial charge >= 0.3 is 0 Å². The number of rotatable bonds is 4. The van der Waals surface area contributed by atoms with E-state index in [1.807, 2.05) is 18.2 Å². The standard InChI is InChI=1S/C24H22FN3O2/c25-21-5-1-3-19(15-21)17-6-8-22(9-7-17)27-23(29)20-4-2-14-28(16-20)24(30)18-10-12-26-13-11-18/h1,3,5-13,15,20H,2,4,14,16H2,(H,27,29)/t20-/m0/s1. The number of carbonyl (C=O) groups is 2. The Hall–Kier alpha value is -3.54. The topological polar surface area (TPSA) is 62.3 Å². The molecule has 1 saturated heterocycles. The van der Waals surface area contributed by atoms with Crippen LogP contribution in [0.4, 0.5) is 10.1 Å². The Labute approximate surface area is 174 Å². The maximum Gasteiger partial charge on any atom is 0.253 e. The van der Waals surface area contributed by atoms with E-state index in [0.29, 0.717) is 24.3 Å². The third-order valence-electron chi connectivity index (χ3n) is 5.32. The lowest BCUT2D eigenvalue weighted by Crippen LogP contribution is -2.43. The zero-order valence-electron chi connectivity index (χ0n) is 16.4. The molecule has 2 aromatic carbocycles. The Bertz CT molecular complexity index is 1040. The van der Waals surface area contributed by atoms with Crippen molar-refractivity contribution in [1.29, 1.82) is 0 Å². The first kappa shape index (κ1) is 19.8. The van der Waals surface area contributed by atoms with E-state index in [0.717, 1.165) is 24.0 Å². The molecule has 1 aliphatic rings. The van der Waals surface area contributed by atoms with Gasteiger partial charge in [0.05, 0.1) is 5.92 Å². The molecule has 1 N–H and O–H groups in total. The van der Waals surface area contributed by atoms with Gasteiger partial charge < -0.3 is 10.2 Å². The average molecular weight is 403 g/mol. The van der Waals surface area contributed by atoms with Gasteiger partial charge in [-0.2, -0.15) is 0 Å². The molecular formula is C24H22FN3O2. The highest BCUT2D eigenvalue weighted by atomic mass is 19.1. The largest absolute Gasteiger partial charge is 0.338 e. The summed E-state index contributed by atoms with van der Waals surface area (Å²) in [4.78, 5) is 31.1. The van der Waals surface area contributed by atoms with Gasteiger partial charge in [0.15, 0.2) is 0 Å². The molecule has 1 atom stereocenters. The number of nitrogens with zero attached hydrogens (tertiary/aromatic N) is 2. The second-order valence-corrected chi connectivity index (χ2v) is 7.40. The fraction of sp³-hybridized carbons (Fsp3) is 0.208. The summed E-state index contributed by atoms with van der Waals surface area (Å²) in [6, 6.07) is 17.1. The zero-order chi connectivity index (χ0) is 20.9. The maximum atomic E-state index is 13.4. The Morgan fingerprint density at radius 3 is 2.50 bits per heavy atom. The van der Waals surface area contributed by atoms with Crippen LogP contribution in [0, 0.1) is 11.7 Å². The summed E-state index contributed by atoms with van der Waals surface area (Å²) >= 11 is 0. The minimum Gasteiger partial charge on any atom is -0.338 e. The number of piperidine rings is 1. The normalized spacial score (nSPS) is 16.2. The maximum absolute atomic E-state index is 13.4. The van der Waals surface area contributed by atoms with Gasteiger partial charge in [-0.3, -0.25) is 14.6 Å². The second kappa shape index (κ2) is 8.86. The molecule has 3 aromatic rings. The Morgan fingerprint density at radius 1 is 1.00 bits per heavy atom. The summed E-state index contributed by atoms with van der Waals surface area (Å²) < 4.78 is 13.4. The number of likely N-dealkylation sites (tertiary alicyclic amines) is 1. The fourth-order valence-corrected chi connectivity index (χ4v) is 3.71. The molecule has 0 saturated carbocycles. The molecule has 1 fully saturated rings. The number of amides is 2. The number of aromatic nitrogens is 1. The van der Waals surface area contributed by atoms with Gasteiger partial charge in [-0.15, -0.1) is 0 Å². The lowest BCUT2D eigenvalue weighted by atomic mass is 9.96. The van der Waals surface area contributed by atoms with Gasteiger partial charge in [0, 0.05) is 36.7 Å². The van der Waals surface area contributed by atoms with Gasteiger partial charge in [-0.1, -0.05) is 24.3 Å². The smallest absolute Gasteiger partial charge is 0.253 e. The van der Waals surface area contributed by atoms with Gasteiger partial charge in [0.2, 0.25) is 5.91 Å². The van der Waals surface area contributed by atoms with Crippen molar-refractivity contribution in [3.8, 4) is 11.1 Å². The highest BCUT2D eigenvalue weighted by Gasteiger charge is 2.29. The third-order valence-corrected chi connectivity index (χ3v) is 5.32. The number of hydrogen-bond donors (Lipinski definition) is 1. The van der Waals surface area contributed by atoms with E-state index in [9.17, 15) is 14.0 Å². The minimum absolute atomic E-state index is 0.0747. The van der Waals surface area contributed by atoms with Crippen LogP contribution in [0.3, 0.4) is 0 Å². The van der Waals surface area contributed by atoms with Crippen LogP contribution in [0.1, 0.15) is 23.2 Å². The number of anilines is 1. The van der Waals surface area contributed by atoms with Crippen LogP contribution in [0.2, 0.25) is 0 Å². The van der Waals surface area contributed by atoms with Crippen LogP contribution in [-0.4, -0.2) is 34.8 Å². The molecule has 6 heteroatoms. The van der Waals surface area contributed by atoms with Crippen LogP contribution in [0.25, 0.3) is 11.1 Å². The molecule has 1 aromatic heterocycles. The monoisotopic (exact) mass is 403 g/mol. The van der Waals surface area contributed by atoms with E-state index in [1.165, 1.54) is 12.1 Å². The number of hydrogen-bond acceptors (Lipinski definition) is 3.